The van der Waals surface area contributed by atoms with Gasteiger partial charge in [0.1, 0.15) is 29.7 Å². The van der Waals surface area contributed by atoms with Crippen LogP contribution < -0.4 is 0 Å². The van der Waals surface area contributed by atoms with Gasteiger partial charge in [-0.25, -0.2) is 0 Å². The average molecular weight is 752 g/mol. The minimum absolute atomic E-state index is 0.0150. The van der Waals surface area contributed by atoms with Gasteiger partial charge < -0.3 is 58.5 Å². The number of hydrogen-bond acceptors (Lipinski definition) is 14. The van der Waals surface area contributed by atoms with Crippen LogP contribution in [0.15, 0.2) is 0 Å². The molecule has 14 nitrogen and oxygen atoms in total. The standard InChI is InChI=1S/C38H69NO13/c1-15-26-38(10,45)31(42)21(4)28(40)19(2)17-37(9,47-14)33(52-35-29(41)25(39(11)12)16-20(3)48-35)22(5)30(23(6)34(44)50-26)51-27-18-36(8,46-13)32(43)24(7)49-27/h19-27,29-33,35,41-43,45H,15-18H2,1-14H3/t19-,20?,21+,22+,23-,24?,25?,26-,27?,29?,30+,31-,32?,33-,35?,36?,37-,38-/m1/s1/i11+1D3. The molecule has 304 valence electrons. The van der Waals surface area contributed by atoms with Crippen molar-refractivity contribution in [1.82, 2.24) is 4.90 Å². The first-order chi connectivity index (χ1) is 25.2. The summed E-state index contributed by atoms with van der Waals surface area (Å²) in [5, 5.41) is 45.7. The Kier molecular flexibility index (Phi) is 13.7. The Labute approximate surface area is 314 Å². The summed E-state index contributed by atoms with van der Waals surface area (Å²) < 4.78 is 67.6. The van der Waals surface area contributed by atoms with Crippen LogP contribution in [0.3, 0.4) is 0 Å². The Morgan fingerprint density at radius 3 is 2.08 bits per heavy atom. The monoisotopic (exact) mass is 751 g/mol. The third kappa shape index (κ3) is 9.38. The third-order valence-corrected chi connectivity index (χ3v) is 12.1. The third-order valence-electron chi connectivity index (χ3n) is 12.1. The fourth-order valence-corrected chi connectivity index (χ4v) is 8.46. The zero-order chi connectivity index (χ0) is 42.2. The van der Waals surface area contributed by atoms with Crippen LogP contribution in [0.25, 0.3) is 0 Å². The zero-order valence-corrected chi connectivity index (χ0v) is 33.4. The predicted octanol–water partition coefficient (Wildman–Crippen LogP) is 2.44. The van der Waals surface area contributed by atoms with Crippen LogP contribution in [0.2, 0.25) is 0 Å². The lowest BCUT2D eigenvalue weighted by molar-refractivity contribution is -0.319. The highest BCUT2D eigenvalue weighted by molar-refractivity contribution is 5.83. The summed E-state index contributed by atoms with van der Waals surface area (Å²) in [4.78, 5) is 29.3. The first-order valence-corrected chi connectivity index (χ1v) is 18.7. The number of ketones is 1. The maximum atomic E-state index is 14.2. The van der Waals surface area contributed by atoms with Gasteiger partial charge in [-0.2, -0.15) is 0 Å². The Bertz CT molecular complexity index is 1290. The molecular weight excluding hydrogens is 679 g/mol. The minimum Gasteiger partial charge on any atom is -0.459 e. The Morgan fingerprint density at radius 2 is 1.52 bits per heavy atom. The zero-order valence-electron chi connectivity index (χ0n) is 36.4. The molecule has 52 heavy (non-hydrogen) atoms. The summed E-state index contributed by atoms with van der Waals surface area (Å²) in [6, 6.07) is -0.887. The molecule has 0 aromatic carbocycles. The maximum Gasteiger partial charge on any atom is 0.311 e. The van der Waals surface area contributed by atoms with E-state index in [0.717, 1.165) is 4.90 Å². The smallest absolute Gasteiger partial charge is 0.311 e. The normalized spacial score (nSPS) is 50.1. The second kappa shape index (κ2) is 17.7. The van der Waals surface area contributed by atoms with Gasteiger partial charge in [0.2, 0.25) is 0 Å². The second-order valence-corrected chi connectivity index (χ2v) is 16.3. The van der Waals surface area contributed by atoms with Crippen LogP contribution in [0, 0.1) is 23.7 Å². The van der Waals surface area contributed by atoms with E-state index in [-0.39, 0.29) is 31.5 Å². The molecule has 0 spiro atoms. The van der Waals surface area contributed by atoms with Gasteiger partial charge in [0, 0.05) is 48.5 Å². The van der Waals surface area contributed by atoms with E-state index in [1.54, 1.807) is 55.4 Å². The number of esters is 1. The van der Waals surface area contributed by atoms with E-state index in [2.05, 4.69) is 0 Å². The van der Waals surface area contributed by atoms with Crippen LogP contribution >= 0.6 is 0 Å². The van der Waals surface area contributed by atoms with Crippen molar-refractivity contribution in [3.05, 3.63) is 0 Å². The Balaban J connectivity index is 2.24. The van der Waals surface area contributed by atoms with Gasteiger partial charge in [-0.05, 0) is 74.8 Å². The van der Waals surface area contributed by atoms with E-state index in [1.807, 2.05) is 0 Å². The van der Waals surface area contributed by atoms with E-state index < -0.39 is 121 Å². The lowest BCUT2D eigenvalue weighted by Gasteiger charge is -2.50. The largest absolute Gasteiger partial charge is 0.459 e. The summed E-state index contributed by atoms with van der Waals surface area (Å²) >= 11 is 0. The van der Waals surface area contributed by atoms with Crippen molar-refractivity contribution in [3.63, 3.8) is 0 Å². The van der Waals surface area contributed by atoms with Gasteiger partial charge in [0.25, 0.3) is 0 Å². The highest BCUT2D eigenvalue weighted by Gasteiger charge is 2.54. The molecule has 14 heteroatoms. The van der Waals surface area contributed by atoms with Crippen molar-refractivity contribution in [2.24, 2.45) is 23.7 Å². The van der Waals surface area contributed by atoms with Crippen LogP contribution in [-0.4, -0.2) is 150 Å². The Hall–Kier alpha value is -1.30. The van der Waals surface area contributed by atoms with Gasteiger partial charge in [-0.15, -0.1) is 0 Å². The average Bonchev–Trinajstić information content (AvgIpc) is 3.11. The van der Waals surface area contributed by atoms with Crippen LogP contribution in [-0.2, 0) is 42.7 Å². The number of cyclic esters (lactones) is 1. The van der Waals surface area contributed by atoms with Crippen LogP contribution in [0.4, 0.5) is 0 Å². The highest BCUT2D eigenvalue weighted by atomic mass is 16.7. The van der Waals surface area contributed by atoms with Gasteiger partial charge in [0.15, 0.2) is 12.6 Å². The molecule has 0 bridgehead atoms. The molecule has 0 aliphatic carbocycles. The topological polar surface area (TPSA) is 183 Å². The second-order valence-electron chi connectivity index (χ2n) is 16.3. The van der Waals surface area contributed by atoms with Crippen molar-refractivity contribution >= 4 is 11.8 Å². The lowest BCUT2D eigenvalue weighted by Crippen LogP contribution is -2.61. The SMILES string of the molecule is [2H][13C]([2H])([2H])N(C)C1CC(C)OC(O[C@@H]2[C@@H](C)[C@H](OC3CC(C)(OC)C(O)C(C)O3)[C@@H](C)C(=O)O[C@H](CC)[C@@](C)(O)[C@H](O)[C@@H](C)C(=O)[C@H](C)C[C@@]2(C)OC)C1O. The quantitative estimate of drug-likeness (QED) is 0.210. The summed E-state index contributed by atoms with van der Waals surface area (Å²) in [6.07, 6.45) is -10.8. The number of rotatable bonds is 8. The van der Waals surface area contributed by atoms with Gasteiger partial charge >= 0.3 is 5.97 Å². The number of nitrogens with zero attached hydrogens (tertiary/aromatic N) is 1. The van der Waals surface area contributed by atoms with Crippen molar-refractivity contribution in [2.75, 3.05) is 28.2 Å². The van der Waals surface area contributed by atoms with Crippen molar-refractivity contribution in [2.45, 2.75) is 179 Å². The van der Waals surface area contributed by atoms with E-state index in [4.69, 9.17) is 37.3 Å². The molecule has 8 unspecified atom stereocenters. The molecule has 3 fully saturated rings. The molecule has 0 radical (unpaired) electrons. The van der Waals surface area contributed by atoms with Crippen LogP contribution in [0.5, 0.6) is 0 Å². The molecule has 3 saturated heterocycles. The number of methoxy groups -OCH3 is 2. The molecule has 18 atom stereocenters. The number of Topliss-reactive ketones (excluding diaryl/α,β-unsaturated/α-hetero) is 1. The van der Waals surface area contributed by atoms with Crippen molar-refractivity contribution in [3.8, 4) is 0 Å². The minimum atomic E-state index is -2.53. The molecule has 3 aliphatic rings. The molecule has 0 saturated carbocycles. The van der Waals surface area contributed by atoms with Crippen molar-refractivity contribution in [1.29, 1.82) is 0 Å². The fraction of sp³-hybridized carbons (Fsp3) is 0.947. The number of ether oxygens (including phenoxy) is 7. The molecule has 0 aromatic rings. The molecule has 3 aliphatic heterocycles. The number of carbonyl (C=O) groups is 2. The van der Waals surface area contributed by atoms with Gasteiger partial charge in [0.05, 0.1) is 47.6 Å². The number of hydrogen-bond donors (Lipinski definition) is 4. The molecule has 4 N–H and O–H groups in total. The molecule has 3 rings (SSSR count). The summed E-state index contributed by atoms with van der Waals surface area (Å²) in [5.74, 6) is -4.95. The highest BCUT2D eigenvalue weighted by Crippen LogP contribution is 2.41. The molecular formula is C38H69NO13. The maximum absolute atomic E-state index is 14.2. The first-order valence-electron chi connectivity index (χ1n) is 20.2. The summed E-state index contributed by atoms with van der Waals surface area (Å²) in [5.41, 5.74) is -4.47. The first kappa shape index (κ1) is 40.4. The van der Waals surface area contributed by atoms with Crippen LogP contribution in [0.1, 0.15) is 99.0 Å². The van der Waals surface area contributed by atoms with Gasteiger partial charge in [-0.1, -0.05) is 27.7 Å². The molecule has 0 aromatic heterocycles. The lowest BCUT2D eigenvalue weighted by atomic mass is 9.74. The van der Waals surface area contributed by atoms with E-state index >= 15 is 0 Å². The summed E-state index contributed by atoms with van der Waals surface area (Å²) in [7, 11) is 4.31. The number of aliphatic hydroxyl groups excluding tert-OH is 3. The molecule has 3 heterocycles. The fourth-order valence-electron chi connectivity index (χ4n) is 8.46. The summed E-state index contributed by atoms with van der Waals surface area (Å²) in [6.45, 7) is 13.9. The molecule has 0 amide bonds. The van der Waals surface area contributed by atoms with Gasteiger partial charge in [-0.3, -0.25) is 9.59 Å². The number of aliphatic hydroxyl groups is 4. The van der Waals surface area contributed by atoms with E-state index in [9.17, 15) is 30.0 Å². The van der Waals surface area contributed by atoms with Crippen molar-refractivity contribution < 1.29 is 67.3 Å². The van der Waals surface area contributed by atoms with E-state index in [0.29, 0.717) is 0 Å². The number of likely N-dealkylation sites (N-methyl/N-ethyl adjacent to an activating group) is 1. The predicted molar refractivity (Wildman–Crippen MR) is 191 cm³/mol. The Morgan fingerprint density at radius 1 is 0.904 bits per heavy atom. The van der Waals surface area contributed by atoms with E-state index in [1.165, 1.54) is 35.1 Å². The number of carbonyl (C=O) groups excluding carboxylic acids is 2.